The molecule has 112 valence electrons. The van der Waals surface area contributed by atoms with Crippen LogP contribution in [0.5, 0.6) is 0 Å². The van der Waals surface area contributed by atoms with Crippen LogP contribution in [0.25, 0.3) is 10.4 Å². The highest BCUT2D eigenvalue weighted by Crippen LogP contribution is 2.47. The lowest BCUT2D eigenvalue weighted by Gasteiger charge is -2.39. The monoisotopic (exact) mass is 285 g/mol. The molecule has 0 saturated carbocycles. The second-order valence-electron chi connectivity index (χ2n) is 6.19. The molecule has 0 aromatic rings. The number of azide groups is 1. The molecule has 8 nitrogen and oxygen atoms in total. The van der Waals surface area contributed by atoms with E-state index in [-0.39, 0.29) is 18.8 Å². The highest BCUT2D eigenvalue weighted by molar-refractivity contribution is 5.04. The van der Waals surface area contributed by atoms with E-state index in [2.05, 4.69) is 10.0 Å². The summed E-state index contributed by atoms with van der Waals surface area (Å²) in [6, 6.07) is 0. The van der Waals surface area contributed by atoms with Crippen molar-refractivity contribution in [3.63, 3.8) is 0 Å². The summed E-state index contributed by atoms with van der Waals surface area (Å²) in [5, 5.41) is 3.60. The largest absolute Gasteiger partial charge is 0.344 e. The molecule has 20 heavy (non-hydrogen) atoms. The molecule has 0 radical (unpaired) electrons. The standard InChI is InChI=1S/C12H19N3O5/c1-10(2)17-7-5-16-12(6-14-15-13)9(8(7)18-10)19-11(3,4)20-12/h7-9H,5-6H2,1-4H3/t7-,8-,9-,12-/m1/s1. The molecule has 0 aromatic carbocycles. The number of ether oxygens (including phenoxy) is 5. The topological polar surface area (TPSA) is 94.9 Å². The fourth-order valence-corrected chi connectivity index (χ4v) is 3.09. The average molecular weight is 285 g/mol. The maximum Gasteiger partial charge on any atom is 0.206 e. The van der Waals surface area contributed by atoms with E-state index in [0.717, 1.165) is 0 Å². The van der Waals surface area contributed by atoms with Crippen molar-refractivity contribution in [2.45, 2.75) is 63.4 Å². The highest BCUT2D eigenvalue weighted by atomic mass is 16.9. The van der Waals surface area contributed by atoms with Gasteiger partial charge in [-0.2, -0.15) is 0 Å². The van der Waals surface area contributed by atoms with E-state index in [1.165, 1.54) is 0 Å². The van der Waals surface area contributed by atoms with Crippen molar-refractivity contribution in [3.8, 4) is 0 Å². The Bertz CT molecular complexity index is 462. The van der Waals surface area contributed by atoms with Crippen molar-refractivity contribution < 1.29 is 23.7 Å². The smallest absolute Gasteiger partial charge is 0.206 e. The molecule has 3 aliphatic rings. The molecule has 0 aliphatic carbocycles. The van der Waals surface area contributed by atoms with Gasteiger partial charge in [0.1, 0.15) is 18.3 Å². The fourth-order valence-electron chi connectivity index (χ4n) is 3.09. The minimum atomic E-state index is -1.11. The summed E-state index contributed by atoms with van der Waals surface area (Å²) < 4.78 is 29.3. The Hall–Kier alpha value is -0.890. The molecule has 3 heterocycles. The summed E-state index contributed by atoms with van der Waals surface area (Å²) in [7, 11) is 0. The third kappa shape index (κ3) is 2.18. The maximum absolute atomic E-state index is 8.56. The van der Waals surface area contributed by atoms with Crippen LogP contribution in [-0.2, 0) is 23.7 Å². The first-order valence-corrected chi connectivity index (χ1v) is 6.65. The van der Waals surface area contributed by atoms with E-state index in [1.54, 1.807) is 13.8 Å². The van der Waals surface area contributed by atoms with Crippen molar-refractivity contribution in [1.82, 2.24) is 0 Å². The first kappa shape index (κ1) is 14.1. The van der Waals surface area contributed by atoms with Crippen LogP contribution >= 0.6 is 0 Å². The van der Waals surface area contributed by atoms with E-state index in [4.69, 9.17) is 29.2 Å². The molecule has 3 saturated heterocycles. The number of fused-ring (bicyclic) bond motifs is 3. The highest BCUT2D eigenvalue weighted by Gasteiger charge is 2.64. The minimum Gasteiger partial charge on any atom is -0.344 e. The van der Waals surface area contributed by atoms with Gasteiger partial charge in [0.15, 0.2) is 11.6 Å². The van der Waals surface area contributed by atoms with Gasteiger partial charge in [-0.3, -0.25) is 0 Å². The van der Waals surface area contributed by atoms with E-state index in [0.29, 0.717) is 6.61 Å². The zero-order valence-corrected chi connectivity index (χ0v) is 12.0. The Morgan fingerprint density at radius 1 is 1.15 bits per heavy atom. The summed E-state index contributed by atoms with van der Waals surface area (Å²) in [5.74, 6) is -2.63. The van der Waals surface area contributed by atoms with Crippen LogP contribution in [0, 0.1) is 0 Å². The van der Waals surface area contributed by atoms with Gasteiger partial charge in [0, 0.05) is 4.91 Å². The van der Waals surface area contributed by atoms with Gasteiger partial charge in [0.25, 0.3) is 0 Å². The first-order chi connectivity index (χ1) is 9.27. The van der Waals surface area contributed by atoms with Gasteiger partial charge in [-0.15, -0.1) is 0 Å². The van der Waals surface area contributed by atoms with E-state index in [1.807, 2.05) is 13.8 Å². The van der Waals surface area contributed by atoms with Gasteiger partial charge in [-0.1, -0.05) is 5.11 Å². The molecule has 3 aliphatic heterocycles. The van der Waals surface area contributed by atoms with Crippen LogP contribution in [0.2, 0.25) is 0 Å². The Labute approximate surface area is 116 Å². The van der Waals surface area contributed by atoms with Gasteiger partial charge in [0.2, 0.25) is 5.79 Å². The van der Waals surface area contributed by atoms with Crippen LogP contribution in [0.1, 0.15) is 27.7 Å². The Kier molecular flexibility index (Phi) is 3.02. The number of hydrogen-bond acceptors (Lipinski definition) is 6. The molecule has 3 rings (SSSR count). The molecule has 0 N–H and O–H groups in total. The molecule has 0 bridgehead atoms. The zero-order chi connectivity index (χ0) is 14.6. The third-order valence-corrected chi connectivity index (χ3v) is 3.63. The van der Waals surface area contributed by atoms with Crippen molar-refractivity contribution in [2.75, 3.05) is 13.2 Å². The SMILES string of the molecule is CC1(C)O[C@H]2[C@H]3OC(C)(C)O[C@@]3(CN=[N+]=[N-])OC[C@H]2O1. The second-order valence-corrected chi connectivity index (χ2v) is 6.19. The lowest BCUT2D eigenvalue weighted by Crippen LogP contribution is -2.59. The van der Waals surface area contributed by atoms with Crippen LogP contribution in [0.4, 0.5) is 0 Å². The van der Waals surface area contributed by atoms with Gasteiger partial charge < -0.3 is 23.7 Å². The summed E-state index contributed by atoms with van der Waals surface area (Å²) in [6.07, 6.45) is -1.02. The van der Waals surface area contributed by atoms with Gasteiger partial charge in [0.05, 0.1) is 13.2 Å². The molecule has 0 spiro atoms. The second kappa shape index (κ2) is 4.30. The van der Waals surface area contributed by atoms with E-state index in [9.17, 15) is 0 Å². The molecular formula is C12H19N3O5. The molecular weight excluding hydrogens is 266 g/mol. The van der Waals surface area contributed by atoms with Crippen molar-refractivity contribution in [2.24, 2.45) is 5.11 Å². The van der Waals surface area contributed by atoms with Crippen LogP contribution in [0.3, 0.4) is 0 Å². The summed E-state index contributed by atoms with van der Waals surface area (Å²) in [6.45, 7) is 7.63. The first-order valence-electron chi connectivity index (χ1n) is 6.65. The Morgan fingerprint density at radius 2 is 1.90 bits per heavy atom. The van der Waals surface area contributed by atoms with E-state index < -0.39 is 23.5 Å². The van der Waals surface area contributed by atoms with Crippen molar-refractivity contribution in [3.05, 3.63) is 10.4 Å². The van der Waals surface area contributed by atoms with Gasteiger partial charge in [-0.25, -0.2) is 0 Å². The predicted molar refractivity (Wildman–Crippen MR) is 66.6 cm³/mol. The maximum atomic E-state index is 8.56. The summed E-state index contributed by atoms with van der Waals surface area (Å²) in [5.41, 5.74) is 8.56. The van der Waals surface area contributed by atoms with Crippen molar-refractivity contribution >= 4 is 0 Å². The average Bonchev–Trinajstić information content (AvgIpc) is 2.78. The number of rotatable bonds is 2. The number of nitrogens with zero attached hydrogens (tertiary/aromatic N) is 3. The fraction of sp³-hybridized carbons (Fsp3) is 1.00. The lowest BCUT2D eigenvalue weighted by atomic mass is 9.97. The van der Waals surface area contributed by atoms with Gasteiger partial charge >= 0.3 is 0 Å². The molecule has 0 unspecified atom stereocenters. The summed E-state index contributed by atoms with van der Waals surface area (Å²) >= 11 is 0. The quantitative estimate of drug-likeness (QED) is 0.437. The molecule has 8 heteroatoms. The zero-order valence-electron chi connectivity index (χ0n) is 12.0. The molecule has 3 fully saturated rings. The predicted octanol–water partition coefficient (Wildman–Crippen LogP) is 1.69. The minimum absolute atomic E-state index is 0.0323. The Balaban J connectivity index is 1.91. The van der Waals surface area contributed by atoms with Gasteiger partial charge in [-0.05, 0) is 33.2 Å². The van der Waals surface area contributed by atoms with Crippen LogP contribution in [0.15, 0.2) is 5.11 Å². The normalized spacial score (nSPS) is 44.5. The molecule has 4 atom stereocenters. The third-order valence-electron chi connectivity index (χ3n) is 3.63. The van der Waals surface area contributed by atoms with Crippen LogP contribution < -0.4 is 0 Å². The molecule has 0 amide bonds. The lowest BCUT2D eigenvalue weighted by molar-refractivity contribution is -0.274. The van der Waals surface area contributed by atoms with Crippen LogP contribution in [-0.4, -0.2) is 48.8 Å². The van der Waals surface area contributed by atoms with E-state index >= 15 is 0 Å². The van der Waals surface area contributed by atoms with Crippen molar-refractivity contribution in [1.29, 1.82) is 0 Å². The summed E-state index contributed by atoms with van der Waals surface area (Å²) in [4.78, 5) is 2.78. The number of hydrogen-bond donors (Lipinski definition) is 0. The Morgan fingerprint density at radius 3 is 2.60 bits per heavy atom. The molecule has 0 aromatic heterocycles.